The Morgan fingerprint density at radius 1 is 1.12 bits per heavy atom. The molecule has 0 spiro atoms. The Balaban J connectivity index is 2.30. The van der Waals surface area contributed by atoms with Crippen molar-refractivity contribution in [3.63, 3.8) is 0 Å². The first-order valence-corrected chi connectivity index (χ1v) is 6.47. The summed E-state index contributed by atoms with van der Waals surface area (Å²) in [6.45, 7) is 7.04. The molecule has 0 aliphatic carbocycles. The minimum absolute atomic E-state index is 0.284. The third-order valence-electron chi connectivity index (χ3n) is 2.65. The zero-order chi connectivity index (χ0) is 12.7. The summed E-state index contributed by atoms with van der Waals surface area (Å²) in [6, 6.07) is 8.00. The van der Waals surface area contributed by atoms with E-state index >= 15 is 0 Å². The summed E-state index contributed by atoms with van der Waals surface area (Å²) in [6.07, 6.45) is 2.73. The Hall–Kier alpha value is -1.02. The smallest absolute Gasteiger partial charge is 0.119 e. The van der Waals surface area contributed by atoms with Crippen LogP contribution in [0.15, 0.2) is 24.3 Å². The molecule has 0 saturated heterocycles. The Labute approximate surface area is 105 Å². The van der Waals surface area contributed by atoms with Gasteiger partial charge in [0.1, 0.15) is 5.75 Å². The van der Waals surface area contributed by atoms with Crippen molar-refractivity contribution in [1.82, 2.24) is 0 Å². The normalized spacial score (nSPS) is 12.8. The third kappa shape index (κ3) is 6.32. The molecule has 0 bridgehead atoms. The van der Waals surface area contributed by atoms with Crippen LogP contribution >= 0.6 is 0 Å². The van der Waals surface area contributed by atoms with Gasteiger partial charge < -0.3 is 9.84 Å². The van der Waals surface area contributed by atoms with E-state index < -0.39 is 0 Å². The Morgan fingerprint density at radius 2 is 1.76 bits per heavy atom. The molecule has 96 valence electrons. The van der Waals surface area contributed by atoms with Gasteiger partial charge in [-0.05, 0) is 49.8 Å². The average molecular weight is 236 g/mol. The van der Waals surface area contributed by atoms with Gasteiger partial charge in [-0.3, -0.25) is 0 Å². The lowest BCUT2D eigenvalue weighted by atomic mass is 10.1. The highest BCUT2D eigenvalue weighted by Gasteiger charge is 2.00. The predicted octanol–water partition coefficient (Wildman–Crippen LogP) is 3.42. The first-order valence-electron chi connectivity index (χ1n) is 6.47. The van der Waals surface area contributed by atoms with Gasteiger partial charge in [-0.2, -0.15) is 0 Å². The van der Waals surface area contributed by atoms with Crippen LogP contribution in [-0.4, -0.2) is 17.8 Å². The molecule has 2 heteroatoms. The SMILES string of the molecule is CC(C)CCCOc1ccc(CC(C)O)cc1. The predicted molar refractivity (Wildman–Crippen MR) is 71.4 cm³/mol. The van der Waals surface area contributed by atoms with Gasteiger partial charge in [-0.25, -0.2) is 0 Å². The molecule has 0 aromatic heterocycles. The summed E-state index contributed by atoms with van der Waals surface area (Å²) in [5.41, 5.74) is 1.15. The van der Waals surface area contributed by atoms with Crippen LogP contribution < -0.4 is 4.74 Å². The van der Waals surface area contributed by atoms with Gasteiger partial charge in [0.2, 0.25) is 0 Å². The fourth-order valence-electron chi connectivity index (χ4n) is 1.74. The van der Waals surface area contributed by atoms with E-state index in [-0.39, 0.29) is 6.10 Å². The summed E-state index contributed by atoms with van der Waals surface area (Å²) in [4.78, 5) is 0. The van der Waals surface area contributed by atoms with Crippen molar-refractivity contribution >= 4 is 0 Å². The zero-order valence-corrected chi connectivity index (χ0v) is 11.1. The van der Waals surface area contributed by atoms with Gasteiger partial charge in [-0.15, -0.1) is 0 Å². The van der Waals surface area contributed by atoms with E-state index in [4.69, 9.17) is 4.74 Å². The molecule has 2 nitrogen and oxygen atoms in total. The minimum atomic E-state index is -0.284. The van der Waals surface area contributed by atoms with Crippen LogP contribution in [0.2, 0.25) is 0 Å². The topological polar surface area (TPSA) is 29.5 Å². The van der Waals surface area contributed by atoms with Gasteiger partial charge in [-0.1, -0.05) is 26.0 Å². The molecular weight excluding hydrogens is 212 g/mol. The van der Waals surface area contributed by atoms with Gasteiger partial charge in [0, 0.05) is 0 Å². The number of aliphatic hydroxyl groups is 1. The second-order valence-electron chi connectivity index (χ2n) is 5.08. The second-order valence-corrected chi connectivity index (χ2v) is 5.08. The molecular formula is C15H24O2. The molecule has 1 aromatic carbocycles. The summed E-state index contributed by atoms with van der Waals surface area (Å²) >= 11 is 0. The number of ether oxygens (including phenoxy) is 1. The molecule has 0 heterocycles. The molecule has 1 aromatic rings. The van der Waals surface area contributed by atoms with E-state index in [1.54, 1.807) is 6.92 Å². The number of rotatable bonds is 7. The number of benzene rings is 1. The monoisotopic (exact) mass is 236 g/mol. The first kappa shape index (κ1) is 14.0. The fourth-order valence-corrected chi connectivity index (χ4v) is 1.74. The minimum Gasteiger partial charge on any atom is -0.494 e. The molecule has 1 N–H and O–H groups in total. The highest BCUT2D eigenvalue weighted by atomic mass is 16.5. The van der Waals surface area contributed by atoms with E-state index in [1.807, 2.05) is 24.3 Å². The van der Waals surface area contributed by atoms with E-state index in [1.165, 1.54) is 6.42 Å². The highest BCUT2D eigenvalue weighted by Crippen LogP contribution is 2.14. The molecule has 0 amide bonds. The maximum atomic E-state index is 9.27. The molecule has 0 aliphatic rings. The second kappa shape index (κ2) is 7.33. The molecule has 0 fully saturated rings. The quantitative estimate of drug-likeness (QED) is 0.735. The zero-order valence-electron chi connectivity index (χ0n) is 11.1. The lowest BCUT2D eigenvalue weighted by Gasteiger charge is -2.09. The molecule has 1 rings (SSSR count). The van der Waals surface area contributed by atoms with Crippen LogP contribution in [0.5, 0.6) is 5.75 Å². The molecule has 1 unspecified atom stereocenters. The van der Waals surface area contributed by atoms with Gasteiger partial charge in [0.15, 0.2) is 0 Å². The Morgan fingerprint density at radius 3 is 2.29 bits per heavy atom. The van der Waals surface area contributed by atoms with Crippen molar-refractivity contribution in [2.75, 3.05) is 6.61 Å². The van der Waals surface area contributed by atoms with E-state index in [0.717, 1.165) is 30.3 Å². The van der Waals surface area contributed by atoms with Crippen molar-refractivity contribution in [1.29, 1.82) is 0 Å². The number of hydrogen-bond donors (Lipinski definition) is 1. The van der Waals surface area contributed by atoms with Crippen LogP contribution in [0, 0.1) is 5.92 Å². The maximum Gasteiger partial charge on any atom is 0.119 e. The van der Waals surface area contributed by atoms with Crippen LogP contribution in [-0.2, 0) is 6.42 Å². The van der Waals surface area contributed by atoms with Gasteiger partial charge in [0.05, 0.1) is 12.7 Å². The fraction of sp³-hybridized carbons (Fsp3) is 0.600. The summed E-state index contributed by atoms with van der Waals surface area (Å²) in [5, 5.41) is 9.27. The largest absolute Gasteiger partial charge is 0.494 e. The van der Waals surface area contributed by atoms with E-state index in [2.05, 4.69) is 13.8 Å². The Kier molecular flexibility index (Phi) is 6.06. The van der Waals surface area contributed by atoms with Crippen LogP contribution in [0.3, 0.4) is 0 Å². The molecule has 0 aliphatic heterocycles. The van der Waals surface area contributed by atoms with Crippen LogP contribution in [0.4, 0.5) is 0 Å². The lowest BCUT2D eigenvalue weighted by Crippen LogP contribution is -2.04. The molecule has 1 atom stereocenters. The summed E-state index contributed by atoms with van der Waals surface area (Å²) in [7, 11) is 0. The van der Waals surface area contributed by atoms with Gasteiger partial charge >= 0.3 is 0 Å². The van der Waals surface area contributed by atoms with Crippen molar-refractivity contribution in [2.24, 2.45) is 5.92 Å². The van der Waals surface area contributed by atoms with E-state index in [9.17, 15) is 5.11 Å². The first-order chi connectivity index (χ1) is 8.08. The van der Waals surface area contributed by atoms with Crippen molar-refractivity contribution in [3.8, 4) is 5.75 Å². The molecule has 0 saturated carbocycles. The lowest BCUT2D eigenvalue weighted by molar-refractivity contribution is 0.195. The highest BCUT2D eigenvalue weighted by molar-refractivity contribution is 5.27. The van der Waals surface area contributed by atoms with Crippen molar-refractivity contribution in [2.45, 2.75) is 46.1 Å². The third-order valence-corrected chi connectivity index (χ3v) is 2.65. The molecule has 17 heavy (non-hydrogen) atoms. The number of aliphatic hydroxyl groups excluding tert-OH is 1. The van der Waals surface area contributed by atoms with Gasteiger partial charge in [0.25, 0.3) is 0 Å². The van der Waals surface area contributed by atoms with Crippen molar-refractivity contribution in [3.05, 3.63) is 29.8 Å². The molecule has 0 radical (unpaired) electrons. The Bertz CT molecular complexity index is 301. The standard InChI is InChI=1S/C15H24O2/c1-12(2)5-4-10-17-15-8-6-14(7-9-15)11-13(3)16/h6-9,12-13,16H,4-5,10-11H2,1-3H3. The maximum absolute atomic E-state index is 9.27. The van der Waals surface area contributed by atoms with Crippen LogP contribution in [0.1, 0.15) is 39.2 Å². The summed E-state index contributed by atoms with van der Waals surface area (Å²) < 4.78 is 5.65. The number of hydrogen-bond acceptors (Lipinski definition) is 2. The van der Waals surface area contributed by atoms with Crippen molar-refractivity contribution < 1.29 is 9.84 Å². The van der Waals surface area contributed by atoms with E-state index in [0.29, 0.717) is 6.42 Å². The average Bonchev–Trinajstić information content (AvgIpc) is 2.25. The summed E-state index contributed by atoms with van der Waals surface area (Å²) in [5.74, 6) is 1.66. The van der Waals surface area contributed by atoms with Crippen LogP contribution in [0.25, 0.3) is 0 Å².